The predicted molar refractivity (Wildman–Crippen MR) is 129 cm³/mol. The number of aliphatic hydroxyl groups excluding tert-OH is 2. The van der Waals surface area contributed by atoms with E-state index < -0.39 is 63.8 Å². The summed E-state index contributed by atoms with van der Waals surface area (Å²) in [5.74, 6) is -7.66. The standard InChI is InChI=1S/C24H28N4O9/c1-26(2)12-8-13(28(36)37-5)18(29)15-10(12)6-9-7-11-17(27(3)4)20(31)16(23(25)34)22(33)24(11,35)21(32)14(9)19(15)30/h8-9,11,17,35H,6-7H2,1-5H3,(H4-,25,29,30,31,32,33,34,36)/p+1. The van der Waals surface area contributed by atoms with Crippen molar-refractivity contribution in [2.75, 3.05) is 40.2 Å². The smallest absolute Gasteiger partial charge is 0.360 e. The maximum Gasteiger partial charge on any atom is 0.360 e. The third-order valence-electron chi connectivity index (χ3n) is 7.52. The summed E-state index contributed by atoms with van der Waals surface area (Å²) in [5, 5.41) is 44.8. The molecule has 0 saturated heterocycles. The average Bonchev–Trinajstić information content (AvgIpc) is 2.80. The van der Waals surface area contributed by atoms with Gasteiger partial charge in [0.2, 0.25) is 11.5 Å². The molecule has 1 saturated carbocycles. The minimum atomic E-state index is -2.74. The molecule has 13 heteroatoms. The molecule has 0 aromatic heterocycles. The lowest BCUT2D eigenvalue weighted by molar-refractivity contribution is -0.736. The molecule has 0 aliphatic heterocycles. The Balaban J connectivity index is 2.02. The van der Waals surface area contributed by atoms with Crippen LogP contribution in [-0.4, -0.2) is 94.7 Å². The van der Waals surface area contributed by atoms with Gasteiger partial charge < -0.3 is 31.1 Å². The highest BCUT2D eigenvalue weighted by Crippen LogP contribution is 2.54. The maximum absolute atomic E-state index is 13.9. The molecule has 1 aromatic carbocycles. The second-order valence-electron chi connectivity index (χ2n) is 9.91. The van der Waals surface area contributed by atoms with Crippen molar-refractivity contribution in [1.29, 1.82) is 0 Å². The number of nitrogens with two attached hydrogens (primary N) is 1. The van der Waals surface area contributed by atoms with Crippen LogP contribution in [0.25, 0.3) is 5.76 Å². The zero-order valence-corrected chi connectivity index (χ0v) is 21.0. The van der Waals surface area contributed by atoms with E-state index >= 15 is 0 Å². The van der Waals surface area contributed by atoms with Crippen molar-refractivity contribution in [3.63, 3.8) is 0 Å². The van der Waals surface area contributed by atoms with Gasteiger partial charge >= 0.3 is 5.69 Å². The van der Waals surface area contributed by atoms with Gasteiger partial charge in [0.15, 0.2) is 18.5 Å². The van der Waals surface area contributed by atoms with E-state index in [1.54, 1.807) is 19.0 Å². The van der Waals surface area contributed by atoms with Gasteiger partial charge in [0.25, 0.3) is 10.8 Å². The first-order valence-corrected chi connectivity index (χ1v) is 11.4. The minimum Gasteiger partial charge on any atom is -0.508 e. The highest BCUT2D eigenvalue weighted by Gasteiger charge is 2.64. The Morgan fingerprint density at radius 1 is 1.19 bits per heavy atom. The summed E-state index contributed by atoms with van der Waals surface area (Å²) in [5.41, 5.74) is 1.75. The van der Waals surface area contributed by atoms with Crippen molar-refractivity contribution in [3.05, 3.63) is 39.0 Å². The van der Waals surface area contributed by atoms with Crippen LogP contribution >= 0.6 is 0 Å². The number of aliphatic hydroxyl groups is 3. The monoisotopic (exact) mass is 517 g/mol. The van der Waals surface area contributed by atoms with Crippen LogP contribution in [0.15, 0.2) is 23.0 Å². The first kappa shape index (κ1) is 26.1. The van der Waals surface area contributed by atoms with Crippen molar-refractivity contribution in [1.82, 2.24) is 4.90 Å². The largest absolute Gasteiger partial charge is 0.508 e. The average molecular weight is 518 g/mol. The topological polar surface area (TPSA) is 194 Å². The predicted octanol–water partition coefficient (Wildman–Crippen LogP) is 0.00180. The number of fused-ring (bicyclic) bond motifs is 3. The molecule has 0 spiro atoms. The Kier molecular flexibility index (Phi) is 6.04. The molecular formula is C24H29N4O9+. The van der Waals surface area contributed by atoms with Crippen LogP contribution in [0.3, 0.4) is 0 Å². The van der Waals surface area contributed by atoms with Gasteiger partial charge in [0.05, 0.1) is 16.5 Å². The molecule has 0 radical (unpaired) electrons. The molecule has 6 N–H and O–H groups in total. The maximum atomic E-state index is 13.9. The Morgan fingerprint density at radius 2 is 1.81 bits per heavy atom. The summed E-state index contributed by atoms with van der Waals surface area (Å²) in [6.07, 6.45) is 0.0641. The number of anilines is 1. The Hall–Kier alpha value is -3.97. The van der Waals surface area contributed by atoms with Crippen LogP contribution in [0.5, 0.6) is 5.75 Å². The van der Waals surface area contributed by atoms with Crippen LogP contribution in [0.4, 0.5) is 11.4 Å². The number of carbonyl (C=O) groups excluding carboxylic acids is 3. The van der Waals surface area contributed by atoms with Gasteiger partial charge in [-0.15, -0.1) is 0 Å². The molecule has 3 aliphatic rings. The Bertz CT molecular complexity index is 1330. The number of amides is 1. The third-order valence-corrected chi connectivity index (χ3v) is 7.52. The van der Waals surface area contributed by atoms with Crippen molar-refractivity contribution < 1.29 is 44.6 Å². The first-order chi connectivity index (χ1) is 17.2. The van der Waals surface area contributed by atoms with E-state index in [9.17, 15) is 39.7 Å². The number of nitrogens with zero attached hydrogens (tertiary/aromatic N) is 3. The van der Waals surface area contributed by atoms with E-state index in [0.717, 1.165) is 7.11 Å². The van der Waals surface area contributed by atoms with E-state index in [1.807, 2.05) is 0 Å². The van der Waals surface area contributed by atoms with E-state index in [0.29, 0.717) is 11.3 Å². The minimum absolute atomic E-state index is 0.0348. The SMILES string of the molecule is CO[N+](=O)c1cc(N(C)C)c2c(c1O)C(O)=C1C(=O)C3(O)C(O)=C(C(N)=O)C(=O)C(N(C)C)C3CC1C2. The lowest BCUT2D eigenvalue weighted by Crippen LogP contribution is -2.65. The summed E-state index contributed by atoms with van der Waals surface area (Å²) in [6.45, 7) is 0. The number of Topliss-reactive ketones (excluding diaryl/α,β-unsaturated/α-hetero) is 2. The molecular weight excluding hydrogens is 488 g/mol. The fraction of sp³-hybridized carbons (Fsp3) is 0.458. The van der Waals surface area contributed by atoms with Gasteiger partial charge in [-0.1, -0.05) is 0 Å². The number of phenolic OH excluding ortho intramolecular Hbond substituents is 1. The molecule has 0 heterocycles. The third kappa shape index (κ3) is 3.41. The molecule has 4 atom stereocenters. The molecule has 4 unspecified atom stereocenters. The number of phenols is 1. The van der Waals surface area contributed by atoms with Gasteiger partial charge in [-0.3, -0.25) is 19.3 Å². The highest BCUT2D eigenvalue weighted by atomic mass is 16.8. The highest BCUT2D eigenvalue weighted by molar-refractivity contribution is 6.24. The van der Waals surface area contributed by atoms with Crippen LogP contribution in [0.1, 0.15) is 17.5 Å². The number of likely N-dealkylation sites (N-methyl/N-ethyl adjacent to an activating group) is 1. The number of primary amides is 1. The summed E-state index contributed by atoms with van der Waals surface area (Å²) in [7, 11) is 7.53. The second kappa shape index (κ2) is 8.56. The number of hydrogen-bond acceptors (Lipinski definition) is 11. The van der Waals surface area contributed by atoms with Crippen LogP contribution in [0.2, 0.25) is 0 Å². The van der Waals surface area contributed by atoms with Crippen molar-refractivity contribution >= 4 is 34.6 Å². The van der Waals surface area contributed by atoms with Crippen molar-refractivity contribution in [3.8, 4) is 5.75 Å². The lowest BCUT2D eigenvalue weighted by atomic mass is 9.57. The van der Waals surface area contributed by atoms with Crippen LogP contribution in [-0.2, 0) is 25.6 Å². The van der Waals surface area contributed by atoms with E-state index in [4.69, 9.17) is 5.73 Å². The fourth-order valence-electron chi connectivity index (χ4n) is 5.91. The molecule has 198 valence electrons. The van der Waals surface area contributed by atoms with E-state index in [1.165, 1.54) is 25.1 Å². The number of benzene rings is 1. The molecule has 1 aromatic rings. The molecule has 13 nitrogen and oxygen atoms in total. The van der Waals surface area contributed by atoms with Crippen LogP contribution < -0.4 is 10.6 Å². The van der Waals surface area contributed by atoms with Crippen molar-refractivity contribution in [2.24, 2.45) is 17.6 Å². The van der Waals surface area contributed by atoms with Gasteiger partial charge in [-0.25, -0.2) is 4.84 Å². The van der Waals surface area contributed by atoms with Gasteiger partial charge in [-0.2, -0.15) is 0 Å². The molecule has 1 fully saturated rings. The fourth-order valence-corrected chi connectivity index (χ4v) is 5.91. The number of carbonyl (C=O) groups is 3. The summed E-state index contributed by atoms with van der Waals surface area (Å²) in [6, 6.07) is 0.210. The molecule has 3 aliphatic carbocycles. The first-order valence-electron chi connectivity index (χ1n) is 11.4. The van der Waals surface area contributed by atoms with Crippen LogP contribution in [0, 0.1) is 16.7 Å². The van der Waals surface area contributed by atoms with E-state index in [-0.39, 0.29) is 34.6 Å². The number of hydrogen-bond donors (Lipinski definition) is 5. The zero-order chi connectivity index (χ0) is 27.7. The van der Waals surface area contributed by atoms with Crippen molar-refractivity contribution in [2.45, 2.75) is 24.5 Å². The molecule has 37 heavy (non-hydrogen) atoms. The molecule has 1 amide bonds. The van der Waals surface area contributed by atoms with E-state index in [2.05, 4.69) is 4.84 Å². The number of aromatic hydroxyl groups is 1. The second-order valence-corrected chi connectivity index (χ2v) is 9.91. The summed E-state index contributed by atoms with van der Waals surface area (Å²) in [4.78, 5) is 59.1. The summed E-state index contributed by atoms with van der Waals surface area (Å²) >= 11 is 0. The summed E-state index contributed by atoms with van der Waals surface area (Å²) < 4.78 is 0. The number of rotatable bonds is 5. The van der Waals surface area contributed by atoms with Gasteiger partial charge in [0, 0.05) is 37.3 Å². The molecule has 4 rings (SSSR count). The zero-order valence-electron chi connectivity index (χ0n) is 21.0. The quantitative estimate of drug-likeness (QED) is 0.261. The Labute approximate surface area is 211 Å². The van der Waals surface area contributed by atoms with Gasteiger partial charge in [0.1, 0.15) is 17.1 Å². The molecule has 0 bridgehead atoms. The number of ketones is 2. The Morgan fingerprint density at radius 3 is 2.32 bits per heavy atom. The van der Waals surface area contributed by atoms with Gasteiger partial charge in [-0.05, 0) is 38.4 Å². The normalized spacial score (nSPS) is 27.1. The lowest BCUT2D eigenvalue weighted by Gasteiger charge is -2.50.